The van der Waals surface area contributed by atoms with Crippen LogP contribution in [0.3, 0.4) is 0 Å². The number of nitrogen functional groups attached to an aromatic ring is 1. The molecule has 216 valence electrons. The highest BCUT2D eigenvalue weighted by molar-refractivity contribution is 5.99. The highest BCUT2D eigenvalue weighted by atomic mass is 35.5. The molecule has 0 fully saturated rings. The number of halogens is 2. The van der Waals surface area contributed by atoms with Gasteiger partial charge in [-0.1, -0.05) is 36.9 Å². The van der Waals surface area contributed by atoms with Gasteiger partial charge in [-0.2, -0.15) is 0 Å². The maximum atomic E-state index is 13.9. The number of benzene rings is 3. The molecule has 1 amide bonds. The molecule has 0 aliphatic heterocycles. The van der Waals surface area contributed by atoms with Crippen LogP contribution in [0.5, 0.6) is 0 Å². The van der Waals surface area contributed by atoms with Gasteiger partial charge in [-0.25, -0.2) is 4.39 Å². The monoisotopic (exact) mass is 579 g/mol. The lowest BCUT2D eigenvalue weighted by Crippen LogP contribution is -3.00. The van der Waals surface area contributed by atoms with E-state index in [1.807, 2.05) is 41.0 Å². The number of quaternary nitrogens is 1. The van der Waals surface area contributed by atoms with E-state index >= 15 is 0 Å². The van der Waals surface area contributed by atoms with E-state index in [1.54, 1.807) is 18.2 Å². The van der Waals surface area contributed by atoms with E-state index in [9.17, 15) is 9.18 Å². The van der Waals surface area contributed by atoms with Crippen LogP contribution in [-0.2, 0) is 17.9 Å². The quantitative estimate of drug-likeness (QED) is 0.105. The van der Waals surface area contributed by atoms with Gasteiger partial charge < -0.3 is 33.1 Å². The van der Waals surface area contributed by atoms with Gasteiger partial charge in [0.2, 0.25) is 0 Å². The van der Waals surface area contributed by atoms with Crippen molar-refractivity contribution < 1.29 is 31.5 Å². The molecule has 5 N–H and O–H groups in total. The molecule has 0 aliphatic carbocycles. The molecule has 0 atom stereocenters. The minimum atomic E-state index is -0.833. The van der Waals surface area contributed by atoms with Crippen molar-refractivity contribution in [3.63, 3.8) is 0 Å². The highest BCUT2D eigenvalue weighted by Gasteiger charge is 2.18. The van der Waals surface area contributed by atoms with Gasteiger partial charge in [0.05, 0.1) is 14.1 Å². The minimum absolute atomic E-state index is 0. The fourth-order valence-corrected chi connectivity index (χ4v) is 4.34. The number of aromatic nitrogens is 1. The Labute approximate surface area is 245 Å². The van der Waals surface area contributed by atoms with E-state index in [1.165, 1.54) is 12.1 Å². The zero-order valence-corrected chi connectivity index (χ0v) is 24.1. The van der Waals surface area contributed by atoms with Crippen molar-refractivity contribution in [2.24, 2.45) is 5.73 Å². The van der Waals surface area contributed by atoms with Gasteiger partial charge >= 0.3 is 0 Å². The smallest absolute Gasteiger partial charge is 0.300 e. The second-order valence-corrected chi connectivity index (χ2v) is 9.96. The van der Waals surface area contributed by atoms with Crippen molar-refractivity contribution >= 4 is 34.3 Å². The summed E-state index contributed by atoms with van der Waals surface area (Å²) in [5.41, 5.74) is 10.5. The Hall–Kier alpha value is -4.47. The van der Waals surface area contributed by atoms with Gasteiger partial charge in [0, 0.05) is 36.5 Å². The lowest BCUT2D eigenvalue weighted by molar-refractivity contribution is -0.134. The Morgan fingerprint density at radius 2 is 1.73 bits per heavy atom. The summed E-state index contributed by atoms with van der Waals surface area (Å²) in [5, 5.41) is 18.8. The molecule has 0 spiro atoms. The van der Waals surface area contributed by atoms with Crippen LogP contribution < -0.4 is 27.9 Å². The third-order valence-electron chi connectivity index (χ3n) is 6.35. The molecule has 10 heteroatoms. The van der Waals surface area contributed by atoms with Gasteiger partial charge in [-0.15, -0.1) is 0 Å². The summed E-state index contributed by atoms with van der Waals surface area (Å²) >= 11 is 0. The number of carbonyl (C=O) groups is 2. The summed E-state index contributed by atoms with van der Waals surface area (Å²) in [4.78, 5) is 22.3. The summed E-state index contributed by atoms with van der Waals surface area (Å²) in [6, 6.07) is 21.7. The Balaban J connectivity index is 0.00000110. The number of amides is 1. The molecule has 0 saturated heterocycles. The van der Waals surface area contributed by atoms with Crippen LogP contribution in [0.25, 0.3) is 10.9 Å². The molecule has 4 rings (SSSR count). The van der Waals surface area contributed by atoms with Crippen LogP contribution in [0, 0.1) is 11.2 Å². The van der Waals surface area contributed by atoms with E-state index in [4.69, 9.17) is 21.0 Å². The molecule has 3 aromatic carbocycles. The number of nitrogens with two attached hydrogens (primary N) is 1. The van der Waals surface area contributed by atoms with E-state index in [-0.39, 0.29) is 30.0 Å². The first-order chi connectivity index (χ1) is 18.9. The van der Waals surface area contributed by atoms with Crippen LogP contribution in [0.2, 0.25) is 0 Å². The average molecular weight is 580 g/mol. The molecule has 41 heavy (non-hydrogen) atoms. The van der Waals surface area contributed by atoms with Crippen LogP contribution in [-0.4, -0.2) is 48.0 Å². The lowest BCUT2D eigenvalue weighted by atomic mass is 10.1. The van der Waals surface area contributed by atoms with E-state index < -0.39 is 5.97 Å². The fraction of sp³-hybridized carbons (Fsp3) is 0.194. The number of carboxylic acid groups (broad SMARTS) is 1. The molecule has 0 bridgehead atoms. The van der Waals surface area contributed by atoms with Gasteiger partial charge in [-0.3, -0.25) is 19.5 Å². The summed E-state index contributed by atoms with van der Waals surface area (Å²) in [7, 11) is 4.23. The van der Waals surface area contributed by atoms with Gasteiger partial charge in [0.15, 0.2) is 0 Å². The number of carboxylic acids is 1. The molecule has 0 saturated carbocycles. The Morgan fingerprint density at radius 3 is 2.34 bits per heavy atom. The third kappa shape index (κ3) is 8.76. The van der Waals surface area contributed by atoms with E-state index in [0.29, 0.717) is 34.2 Å². The van der Waals surface area contributed by atoms with Crippen molar-refractivity contribution in [3.8, 4) is 0 Å². The second kappa shape index (κ2) is 14.2. The Bertz CT molecular complexity index is 1540. The number of aliphatic carboxylic acids is 1. The second-order valence-electron chi connectivity index (χ2n) is 9.96. The Morgan fingerprint density at radius 1 is 1.07 bits per heavy atom. The van der Waals surface area contributed by atoms with Crippen molar-refractivity contribution in [2.45, 2.75) is 20.0 Å². The summed E-state index contributed by atoms with van der Waals surface area (Å²) < 4.78 is 16.5. The van der Waals surface area contributed by atoms with Crippen molar-refractivity contribution in [1.82, 2.24) is 14.4 Å². The predicted octanol–water partition coefficient (Wildman–Crippen LogP) is 1.89. The number of carbonyl (C=O) groups excluding carboxylic acids is 1. The first kappa shape index (κ1) is 32.7. The Kier molecular flexibility index (Phi) is 11.4. The zero-order chi connectivity index (χ0) is 29.4. The van der Waals surface area contributed by atoms with Crippen LogP contribution in [0.1, 0.15) is 34.1 Å². The van der Waals surface area contributed by atoms with Crippen LogP contribution in [0.15, 0.2) is 85.5 Å². The standard InChI is InChI=1S/C29H30FN5O.C2H4O2.ClH/c1-4-14-35(2,3)25-11-8-20(9-12-25)18-33-29(36)27-17-23-16-24(30)10-13-26(23)34(27)19-21-6-5-7-22(15-21)28(31)32;1-2(3)4;/h4-13,15-17H,1,14,18-19H2,2-3H3,(H3-,31,32,33,36);1H3,(H,3,4);1H. The number of amidine groups is 1. The van der Waals surface area contributed by atoms with E-state index in [2.05, 4.69) is 38.1 Å². The summed E-state index contributed by atoms with van der Waals surface area (Å²) in [5.74, 6) is -1.46. The maximum absolute atomic E-state index is 13.9. The predicted molar refractivity (Wildman–Crippen MR) is 158 cm³/mol. The normalized spacial score (nSPS) is 10.6. The fourth-order valence-electron chi connectivity index (χ4n) is 4.34. The maximum Gasteiger partial charge on any atom is 0.300 e. The molecular weight excluding hydrogens is 545 g/mol. The molecule has 8 nitrogen and oxygen atoms in total. The minimum Gasteiger partial charge on any atom is -1.00 e. The summed E-state index contributed by atoms with van der Waals surface area (Å²) in [6.07, 6.45) is 1.90. The molecule has 0 aliphatic rings. The first-order valence-electron chi connectivity index (χ1n) is 12.6. The number of rotatable bonds is 9. The van der Waals surface area contributed by atoms with Crippen molar-refractivity contribution in [1.29, 1.82) is 5.41 Å². The van der Waals surface area contributed by atoms with E-state index in [0.717, 1.165) is 35.8 Å². The number of fused-ring (bicyclic) bond motifs is 1. The molecule has 1 aromatic heterocycles. The molecular formula is C31H35ClFN5O3. The van der Waals surface area contributed by atoms with Crippen molar-refractivity contribution in [2.75, 3.05) is 20.6 Å². The number of nitrogens with one attached hydrogen (secondary N) is 2. The number of hydrogen-bond acceptors (Lipinski definition) is 3. The van der Waals surface area contributed by atoms with Crippen molar-refractivity contribution in [3.05, 3.63) is 114 Å². The van der Waals surface area contributed by atoms with Gasteiger partial charge in [0.25, 0.3) is 11.9 Å². The number of nitrogens with zero attached hydrogens (tertiary/aromatic N) is 2. The lowest BCUT2D eigenvalue weighted by Gasteiger charge is -2.27. The molecule has 1 heterocycles. The summed E-state index contributed by atoms with van der Waals surface area (Å²) in [6.45, 7) is 6.47. The average Bonchev–Trinajstić information content (AvgIpc) is 3.24. The number of hydrogen-bond donors (Lipinski definition) is 4. The van der Waals surface area contributed by atoms with Crippen LogP contribution >= 0.6 is 0 Å². The topological polar surface area (TPSA) is 121 Å². The largest absolute Gasteiger partial charge is 1.00 e. The first-order valence-corrected chi connectivity index (χ1v) is 12.6. The van der Waals surface area contributed by atoms with Gasteiger partial charge in [0.1, 0.15) is 29.6 Å². The zero-order valence-electron chi connectivity index (χ0n) is 23.3. The molecule has 0 unspecified atom stereocenters. The van der Waals surface area contributed by atoms with Crippen LogP contribution in [0.4, 0.5) is 10.1 Å². The SMILES string of the molecule is C=CC[N+](C)(C)c1ccc(CNC(=O)c2cc3cc(F)ccc3n2Cc2cccc(C(=N)N)c2)cc1.CC(=O)O.[Cl-]. The molecule has 4 aromatic rings. The highest BCUT2D eigenvalue weighted by Crippen LogP contribution is 2.24. The molecule has 0 radical (unpaired) electrons. The third-order valence-corrected chi connectivity index (χ3v) is 6.35. The van der Waals surface area contributed by atoms with Gasteiger partial charge in [-0.05, 0) is 59.7 Å². The number of likely N-dealkylation sites (N-methyl/N-ethyl adjacent to an activating group) is 1.